The van der Waals surface area contributed by atoms with Crippen LogP contribution in [0.2, 0.25) is 0 Å². The standard InChI is InChI=1S/C19H20N2O4/c1-4-21-14-10-6-8-12-16(14)25-19(2,18(21)23)17(22)20-13-9-5-7-11-15(13)24-3/h5-12H,4H2,1-3H3,(H,20,22). The molecule has 0 aromatic heterocycles. The third-order valence-electron chi connectivity index (χ3n) is 4.23. The molecule has 0 aliphatic carbocycles. The van der Waals surface area contributed by atoms with Crippen LogP contribution in [0.4, 0.5) is 11.4 Å². The minimum absolute atomic E-state index is 0.402. The van der Waals surface area contributed by atoms with E-state index in [1.54, 1.807) is 47.4 Å². The number of likely N-dealkylation sites (N-methyl/N-ethyl adjacent to an activating group) is 1. The second-order valence-corrected chi connectivity index (χ2v) is 5.81. The first-order chi connectivity index (χ1) is 12.0. The van der Waals surface area contributed by atoms with Crippen molar-refractivity contribution in [1.82, 2.24) is 0 Å². The predicted octanol–water partition coefficient (Wildman–Crippen LogP) is 2.84. The Morgan fingerprint density at radius 3 is 2.60 bits per heavy atom. The zero-order valence-corrected chi connectivity index (χ0v) is 14.4. The van der Waals surface area contributed by atoms with E-state index < -0.39 is 17.4 Å². The van der Waals surface area contributed by atoms with Gasteiger partial charge in [0.15, 0.2) is 0 Å². The number of rotatable bonds is 4. The number of carbonyl (C=O) groups excluding carboxylic acids is 2. The van der Waals surface area contributed by atoms with Gasteiger partial charge in [-0.25, -0.2) is 0 Å². The normalized spacial score (nSPS) is 19.0. The number of carbonyl (C=O) groups is 2. The molecule has 1 aliphatic heterocycles. The van der Waals surface area contributed by atoms with Gasteiger partial charge in [-0.05, 0) is 38.1 Å². The van der Waals surface area contributed by atoms with Gasteiger partial charge in [-0.2, -0.15) is 0 Å². The van der Waals surface area contributed by atoms with Gasteiger partial charge in [0.05, 0.1) is 18.5 Å². The Morgan fingerprint density at radius 2 is 1.88 bits per heavy atom. The summed E-state index contributed by atoms with van der Waals surface area (Å²) in [7, 11) is 1.52. The molecule has 1 unspecified atom stereocenters. The summed E-state index contributed by atoms with van der Waals surface area (Å²) in [4.78, 5) is 27.4. The summed E-state index contributed by atoms with van der Waals surface area (Å²) in [6.07, 6.45) is 0. The third kappa shape index (κ3) is 2.80. The zero-order chi connectivity index (χ0) is 18.0. The van der Waals surface area contributed by atoms with Crippen LogP contribution in [0.15, 0.2) is 48.5 Å². The fourth-order valence-corrected chi connectivity index (χ4v) is 2.84. The molecule has 1 heterocycles. The van der Waals surface area contributed by atoms with Crippen LogP contribution < -0.4 is 19.7 Å². The SMILES string of the molecule is CCN1C(=O)C(C)(C(=O)Nc2ccccc2OC)Oc2ccccc21. The average Bonchev–Trinajstić information content (AvgIpc) is 2.63. The highest BCUT2D eigenvalue weighted by Crippen LogP contribution is 2.38. The van der Waals surface area contributed by atoms with E-state index in [2.05, 4.69) is 5.32 Å². The van der Waals surface area contributed by atoms with Crippen LogP contribution in [0.3, 0.4) is 0 Å². The summed E-state index contributed by atoms with van der Waals surface area (Å²) in [5, 5.41) is 2.74. The molecule has 0 radical (unpaired) electrons. The van der Waals surface area contributed by atoms with Crippen LogP contribution in [0, 0.1) is 0 Å². The minimum Gasteiger partial charge on any atom is -0.495 e. The maximum absolute atomic E-state index is 12.9. The molecule has 0 bridgehead atoms. The van der Waals surface area contributed by atoms with Crippen LogP contribution >= 0.6 is 0 Å². The van der Waals surface area contributed by atoms with Gasteiger partial charge in [-0.3, -0.25) is 9.59 Å². The molecule has 0 saturated heterocycles. The van der Waals surface area contributed by atoms with Gasteiger partial charge in [-0.15, -0.1) is 0 Å². The summed E-state index contributed by atoms with van der Waals surface area (Å²) in [5.74, 6) is 0.0631. The monoisotopic (exact) mass is 340 g/mol. The summed E-state index contributed by atoms with van der Waals surface area (Å²) < 4.78 is 11.1. The van der Waals surface area contributed by atoms with Crippen molar-refractivity contribution >= 4 is 23.2 Å². The van der Waals surface area contributed by atoms with E-state index >= 15 is 0 Å². The van der Waals surface area contributed by atoms with Gasteiger partial charge in [0, 0.05) is 6.54 Å². The van der Waals surface area contributed by atoms with Crippen molar-refractivity contribution in [3.63, 3.8) is 0 Å². The van der Waals surface area contributed by atoms with Gasteiger partial charge >= 0.3 is 0 Å². The number of nitrogens with one attached hydrogen (secondary N) is 1. The Bertz CT molecular complexity index is 821. The molecule has 130 valence electrons. The Morgan fingerprint density at radius 1 is 1.20 bits per heavy atom. The predicted molar refractivity (Wildman–Crippen MR) is 95.1 cm³/mol. The topological polar surface area (TPSA) is 67.9 Å². The lowest BCUT2D eigenvalue weighted by Gasteiger charge is -2.39. The second-order valence-electron chi connectivity index (χ2n) is 5.81. The van der Waals surface area contributed by atoms with Gasteiger partial charge in [0.2, 0.25) is 0 Å². The number of benzene rings is 2. The number of fused-ring (bicyclic) bond motifs is 1. The second kappa shape index (κ2) is 6.47. The number of anilines is 2. The quantitative estimate of drug-likeness (QED) is 0.869. The lowest BCUT2D eigenvalue weighted by Crippen LogP contribution is -2.60. The molecule has 0 fully saturated rings. The fourth-order valence-electron chi connectivity index (χ4n) is 2.84. The van der Waals surface area contributed by atoms with Crippen molar-refractivity contribution in [2.75, 3.05) is 23.9 Å². The Kier molecular flexibility index (Phi) is 4.35. The minimum atomic E-state index is -1.66. The van der Waals surface area contributed by atoms with E-state index in [4.69, 9.17) is 9.47 Å². The summed E-state index contributed by atoms with van der Waals surface area (Å²) >= 11 is 0. The first-order valence-electron chi connectivity index (χ1n) is 8.05. The highest BCUT2D eigenvalue weighted by atomic mass is 16.5. The molecule has 1 aliphatic rings. The van der Waals surface area contributed by atoms with E-state index in [0.717, 1.165) is 0 Å². The lowest BCUT2D eigenvalue weighted by atomic mass is 9.99. The third-order valence-corrected chi connectivity index (χ3v) is 4.23. The van der Waals surface area contributed by atoms with Crippen molar-refractivity contribution in [3.8, 4) is 11.5 Å². The number of nitrogens with zero attached hydrogens (tertiary/aromatic N) is 1. The van der Waals surface area contributed by atoms with Crippen LogP contribution in [-0.2, 0) is 9.59 Å². The highest BCUT2D eigenvalue weighted by molar-refractivity contribution is 6.20. The van der Waals surface area contributed by atoms with Crippen LogP contribution in [0.1, 0.15) is 13.8 Å². The van der Waals surface area contributed by atoms with Gasteiger partial charge in [0.1, 0.15) is 11.5 Å². The van der Waals surface area contributed by atoms with Crippen LogP contribution in [0.25, 0.3) is 0 Å². The molecule has 1 N–H and O–H groups in total. The number of hydrogen-bond donors (Lipinski definition) is 1. The number of methoxy groups -OCH3 is 1. The van der Waals surface area contributed by atoms with Gasteiger partial charge in [-0.1, -0.05) is 24.3 Å². The zero-order valence-electron chi connectivity index (χ0n) is 14.4. The first kappa shape index (κ1) is 16.8. The van der Waals surface area contributed by atoms with Crippen LogP contribution in [0.5, 0.6) is 11.5 Å². The number of amides is 2. The van der Waals surface area contributed by atoms with E-state index in [9.17, 15) is 9.59 Å². The number of ether oxygens (including phenoxy) is 2. The van der Waals surface area contributed by atoms with Crippen molar-refractivity contribution in [1.29, 1.82) is 0 Å². The van der Waals surface area contributed by atoms with Crippen molar-refractivity contribution in [3.05, 3.63) is 48.5 Å². The van der Waals surface area contributed by atoms with Gasteiger partial charge < -0.3 is 19.7 Å². The molecule has 3 rings (SSSR count). The van der Waals surface area contributed by atoms with Crippen molar-refractivity contribution in [2.24, 2.45) is 0 Å². The Balaban J connectivity index is 1.95. The Labute approximate surface area is 146 Å². The van der Waals surface area contributed by atoms with Gasteiger partial charge in [0.25, 0.3) is 17.4 Å². The molecule has 0 saturated carbocycles. The van der Waals surface area contributed by atoms with E-state index in [1.165, 1.54) is 14.0 Å². The summed E-state index contributed by atoms with van der Waals surface area (Å²) in [5.41, 5.74) is -0.516. The molecule has 6 heteroatoms. The van der Waals surface area contributed by atoms with Crippen molar-refractivity contribution < 1.29 is 19.1 Å². The Hall–Kier alpha value is -3.02. The van der Waals surface area contributed by atoms with E-state index in [-0.39, 0.29) is 0 Å². The largest absolute Gasteiger partial charge is 0.495 e. The maximum atomic E-state index is 12.9. The maximum Gasteiger partial charge on any atom is 0.280 e. The molecule has 0 spiro atoms. The molecular weight excluding hydrogens is 320 g/mol. The fraction of sp³-hybridized carbons (Fsp3) is 0.263. The molecule has 6 nitrogen and oxygen atoms in total. The molecule has 25 heavy (non-hydrogen) atoms. The number of para-hydroxylation sites is 4. The first-order valence-corrected chi connectivity index (χ1v) is 8.05. The number of hydrogen-bond acceptors (Lipinski definition) is 4. The lowest BCUT2D eigenvalue weighted by molar-refractivity contribution is -0.145. The summed E-state index contributed by atoms with van der Waals surface area (Å²) in [6.45, 7) is 3.79. The molecular formula is C19H20N2O4. The molecule has 2 amide bonds. The molecule has 1 atom stereocenters. The van der Waals surface area contributed by atoms with Crippen molar-refractivity contribution in [2.45, 2.75) is 19.4 Å². The summed E-state index contributed by atoms with van der Waals surface area (Å²) in [6, 6.07) is 14.2. The van der Waals surface area contributed by atoms with E-state index in [0.29, 0.717) is 29.4 Å². The molecule has 2 aromatic carbocycles. The highest BCUT2D eigenvalue weighted by Gasteiger charge is 2.50. The molecule has 2 aromatic rings. The van der Waals surface area contributed by atoms with E-state index in [1.807, 2.05) is 13.0 Å². The smallest absolute Gasteiger partial charge is 0.280 e. The average molecular weight is 340 g/mol. The van der Waals surface area contributed by atoms with Crippen LogP contribution in [-0.4, -0.2) is 31.1 Å².